The van der Waals surface area contributed by atoms with E-state index in [1.807, 2.05) is 13.8 Å². The number of benzene rings is 2. The Morgan fingerprint density at radius 1 is 1.11 bits per heavy atom. The first-order chi connectivity index (χ1) is 16.8. The van der Waals surface area contributed by atoms with Crippen LogP contribution in [0.15, 0.2) is 44.4 Å². The van der Waals surface area contributed by atoms with Gasteiger partial charge in [0.2, 0.25) is 5.69 Å². The van der Waals surface area contributed by atoms with Crippen molar-refractivity contribution in [2.45, 2.75) is 52.0 Å². The van der Waals surface area contributed by atoms with Gasteiger partial charge >= 0.3 is 5.69 Å². The molecule has 184 valence electrons. The number of aromatic amines is 1. The number of nitrogens with zero attached hydrogens (tertiary/aromatic N) is 2. The summed E-state index contributed by atoms with van der Waals surface area (Å²) in [7, 11) is 1.59. The van der Waals surface area contributed by atoms with Crippen molar-refractivity contribution in [1.29, 1.82) is 0 Å². The molecule has 0 unspecified atom stereocenters. The van der Waals surface area contributed by atoms with Crippen molar-refractivity contribution in [3.8, 4) is 22.9 Å². The molecule has 3 aromatic rings. The van der Waals surface area contributed by atoms with E-state index in [-0.39, 0.29) is 11.7 Å². The lowest BCUT2D eigenvalue weighted by Crippen LogP contribution is -2.43. The Morgan fingerprint density at radius 2 is 1.80 bits per heavy atom. The maximum Gasteiger partial charge on any atom is 0.349 e. The number of rotatable bonds is 6. The van der Waals surface area contributed by atoms with E-state index in [1.54, 1.807) is 37.4 Å². The highest BCUT2D eigenvalue weighted by Gasteiger charge is 2.21. The van der Waals surface area contributed by atoms with Gasteiger partial charge in [-0.3, -0.25) is 14.6 Å². The average Bonchev–Trinajstić information content (AvgIpc) is 2.82. The molecule has 35 heavy (non-hydrogen) atoms. The summed E-state index contributed by atoms with van der Waals surface area (Å²) in [6, 6.07) is 8.84. The number of H-pyrrole nitrogens is 1. The summed E-state index contributed by atoms with van der Waals surface area (Å²) in [6.07, 6.45) is 4.95. The second-order valence-corrected chi connectivity index (χ2v) is 9.49. The van der Waals surface area contributed by atoms with Crippen molar-refractivity contribution < 1.29 is 14.3 Å². The highest BCUT2D eigenvalue weighted by Crippen LogP contribution is 2.34. The molecular formula is C25H27BrN4O5. The van der Waals surface area contributed by atoms with E-state index >= 15 is 0 Å². The summed E-state index contributed by atoms with van der Waals surface area (Å²) in [5.41, 5.74) is 0.0408. The van der Waals surface area contributed by atoms with Gasteiger partial charge in [-0.25, -0.2) is 4.79 Å². The molecule has 1 heterocycles. The lowest BCUT2D eigenvalue weighted by molar-refractivity contribution is 0.0918. The Kier molecular flexibility index (Phi) is 7.39. The maximum atomic E-state index is 12.8. The molecule has 1 aliphatic rings. The zero-order valence-electron chi connectivity index (χ0n) is 19.8. The van der Waals surface area contributed by atoms with E-state index in [4.69, 9.17) is 9.47 Å². The maximum absolute atomic E-state index is 12.8. The quantitative estimate of drug-likeness (QED) is 0.483. The predicted molar refractivity (Wildman–Crippen MR) is 135 cm³/mol. The second kappa shape index (κ2) is 10.5. The third kappa shape index (κ3) is 5.48. The fourth-order valence-corrected chi connectivity index (χ4v) is 4.78. The Morgan fingerprint density at radius 3 is 2.43 bits per heavy atom. The van der Waals surface area contributed by atoms with Crippen LogP contribution in [0.1, 0.15) is 53.7 Å². The number of methoxy groups -OCH3 is 1. The van der Waals surface area contributed by atoms with Crippen LogP contribution >= 0.6 is 15.9 Å². The smallest absolute Gasteiger partial charge is 0.349 e. The minimum Gasteiger partial charge on any atom is -0.496 e. The largest absolute Gasteiger partial charge is 0.496 e. The molecule has 1 aliphatic carbocycles. The fourth-order valence-electron chi connectivity index (χ4n) is 4.26. The zero-order chi connectivity index (χ0) is 25.1. The molecule has 0 radical (unpaired) electrons. The van der Waals surface area contributed by atoms with Gasteiger partial charge in [0.05, 0.1) is 17.3 Å². The number of carbonyl (C=O) groups excluding carboxylic acids is 1. The molecule has 1 aromatic heterocycles. The van der Waals surface area contributed by atoms with Crippen molar-refractivity contribution in [3.63, 3.8) is 0 Å². The lowest BCUT2D eigenvalue weighted by Gasteiger charge is -2.22. The van der Waals surface area contributed by atoms with Crippen LogP contribution in [0, 0.1) is 13.8 Å². The molecule has 0 spiro atoms. The average molecular weight is 543 g/mol. The van der Waals surface area contributed by atoms with Crippen molar-refractivity contribution in [3.05, 3.63) is 72.5 Å². The van der Waals surface area contributed by atoms with Gasteiger partial charge in [0.25, 0.3) is 11.5 Å². The van der Waals surface area contributed by atoms with Gasteiger partial charge in [0.1, 0.15) is 17.2 Å². The summed E-state index contributed by atoms with van der Waals surface area (Å²) in [4.78, 5) is 39.9. The minimum absolute atomic E-state index is 0.0109. The normalized spacial score (nSPS) is 13.9. The Balaban J connectivity index is 1.64. The van der Waals surface area contributed by atoms with Crippen LogP contribution in [-0.4, -0.2) is 33.8 Å². The van der Waals surface area contributed by atoms with Gasteiger partial charge in [0.15, 0.2) is 0 Å². The first-order valence-corrected chi connectivity index (χ1v) is 12.2. The van der Waals surface area contributed by atoms with Gasteiger partial charge in [0, 0.05) is 6.04 Å². The van der Waals surface area contributed by atoms with Crippen LogP contribution in [0.2, 0.25) is 0 Å². The van der Waals surface area contributed by atoms with E-state index in [1.165, 1.54) is 0 Å². The number of ether oxygens (including phenoxy) is 2. The second-order valence-electron chi connectivity index (χ2n) is 8.64. The topological polar surface area (TPSA) is 115 Å². The number of amides is 1. The van der Waals surface area contributed by atoms with Crippen molar-refractivity contribution in [1.82, 2.24) is 20.1 Å². The van der Waals surface area contributed by atoms with Gasteiger partial charge in [-0.05, 0) is 84.1 Å². The number of carbonyl (C=O) groups is 1. The Hall–Kier alpha value is -3.40. The number of nitrogens with one attached hydrogen (secondary N) is 2. The number of halogens is 1. The molecule has 0 aliphatic heterocycles. The summed E-state index contributed by atoms with van der Waals surface area (Å²) in [5, 5.41) is 7.00. The van der Waals surface area contributed by atoms with Crippen LogP contribution < -0.4 is 26.0 Å². The Labute approximate surface area is 210 Å². The van der Waals surface area contributed by atoms with Crippen LogP contribution in [0.3, 0.4) is 0 Å². The first kappa shape index (κ1) is 24.7. The summed E-state index contributed by atoms with van der Waals surface area (Å²) in [5.74, 6) is 1.34. The van der Waals surface area contributed by atoms with Crippen molar-refractivity contribution >= 4 is 21.8 Å². The molecule has 2 aromatic carbocycles. The van der Waals surface area contributed by atoms with Gasteiger partial charge in [-0.15, -0.1) is 0 Å². The molecule has 1 fully saturated rings. The molecule has 10 heteroatoms. The minimum atomic E-state index is -0.807. The van der Waals surface area contributed by atoms with Crippen LogP contribution in [-0.2, 0) is 0 Å². The molecule has 1 amide bonds. The zero-order valence-corrected chi connectivity index (χ0v) is 21.4. The van der Waals surface area contributed by atoms with E-state index in [0.29, 0.717) is 22.9 Å². The summed E-state index contributed by atoms with van der Waals surface area (Å²) in [6.45, 7) is 3.69. The van der Waals surface area contributed by atoms with Crippen LogP contribution in [0.5, 0.6) is 17.2 Å². The number of aromatic nitrogens is 3. The molecule has 9 nitrogen and oxygen atoms in total. The molecule has 0 saturated heterocycles. The monoisotopic (exact) mass is 542 g/mol. The summed E-state index contributed by atoms with van der Waals surface area (Å²) >= 11 is 3.45. The molecule has 0 bridgehead atoms. The van der Waals surface area contributed by atoms with Crippen molar-refractivity contribution in [2.75, 3.05) is 7.11 Å². The molecular weight excluding hydrogens is 516 g/mol. The van der Waals surface area contributed by atoms with Crippen LogP contribution in [0.25, 0.3) is 5.69 Å². The van der Waals surface area contributed by atoms with E-state index in [0.717, 1.165) is 52.4 Å². The fraction of sp³-hybridized carbons (Fsp3) is 0.360. The number of aryl methyl sites for hydroxylation is 2. The molecule has 0 atom stereocenters. The standard InChI is InChI=1S/C25H27BrN4O5/c1-14-11-17(12-15(2)22(14)35-18-9-10-20(34-3)19(26)13-18)30-25(33)28-24(32)21(29-30)23(31)27-16-7-5-4-6-8-16/h9-13,16H,4-8H2,1-3H3,(H,27,31)(H,28,32,33). The van der Waals surface area contributed by atoms with Crippen LogP contribution in [0.4, 0.5) is 0 Å². The summed E-state index contributed by atoms with van der Waals surface area (Å²) < 4.78 is 13.1. The van der Waals surface area contributed by atoms with Crippen molar-refractivity contribution in [2.24, 2.45) is 0 Å². The number of hydrogen-bond donors (Lipinski definition) is 2. The van der Waals surface area contributed by atoms with Gasteiger partial charge < -0.3 is 14.8 Å². The van der Waals surface area contributed by atoms with E-state index in [9.17, 15) is 14.4 Å². The Bertz CT molecular complexity index is 1350. The number of hydrogen-bond acceptors (Lipinski definition) is 6. The first-order valence-electron chi connectivity index (χ1n) is 11.4. The predicted octanol–water partition coefficient (Wildman–Crippen LogP) is 4.16. The third-order valence-electron chi connectivity index (χ3n) is 6.02. The molecule has 4 rings (SSSR count). The van der Waals surface area contributed by atoms with Gasteiger partial charge in [-0.1, -0.05) is 19.3 Å². The lowest BCUT2D eigenvalue weighted by atomic mass is 9.95. The highest BCUT2D eigenvalue weighted by molar-refractivity contribution is 9.10. The third-order valence-corrected chi connectivity index (χ3v) is 6.64. The molecule has 2 N–H and O–H groups in total. The van der Waals surface area contributed by atoms with E-state index < -0.39 is 17.2 Å². The molecule has 1 saturated carbocycles. The highest BCUT2D eigenvalue weighted by atomic mass is 79.9. The SMILES string of the molecule is COc1ccc(Oc2c(C)cc(-n3nc(C(=O)NC4CCCCC4)c(=O)[nH]c3=O)cc2C)cc1Br. The van der Waals surface area contributed by atoms with E-state index in [2.05, 4.69) is 31.3 Å². The van der Waals surface area contributed by atoms with Gasteiger partial charge in [-0.2, -0.15) is 9.78 Å².